The minimum Gasteiger partial charge on any atom is -0.336 e. The molecule has 0 amide bonds. The number of nitrogen functional groups attached to an aromatic ring is 1. The second kappa shape index (κ2) is 3.23. The predicted molar refractivity (Wildman–Crippen MR) is 52.7 cm³/mol. The SMILES string of the molecule is Cc1c(Br)c(C)n(N)c(=O)c1C#N. The number of hydrogen-bond acceptors (Lipinski definition) is 3. The predicted octanol–water partition coefficient (Wildman–Crippen LogP) is 0.813. The highest BCUT2D eigenvalue weighted by Gasteiger charge is 2.12. The molecule has 0 fully saturated rings. The summed E-state index contributed by atoms with van der Waals surface area (Å²) in [6.07, 6.45) is 0. The fourth-order valence-electron chi connectivity index (χ4n) is 1.05. The molecule has 0 unspecified atom stereocenters. The van der Waals surface area contributed by atoms with Crippen molar-refractivity contribution in [1.29, 1.82) is 5.26 Å². The first kappa shape index (κ1) is 9.81. The van der Waals surface area contributed by atoms with Gasteiger partial charge in [0, 0.05) is 4.47 Å². The smallest absolute Gasteiger partial charge is 0.287 e. The van der Waals surface area contributed by atoms with Crippen molar-refractivity contribution < 1.29 is 0 Å². The number of aromatic nitrogens is 1. The number of nitrogens with zero attached hydrogens (tertiary/aromatic N) is 2. The molecule has 0 bridgehead atoms. The third-order valence-corrected chi connectivity index (χ3v) is 3.10. The fourth-order valence-corrected chi connectivity index (χ4v) is 1.44. The third-order valence-electron chi connectivity index (χ3n) is 1.93. The standard InChI is InChI=1S/C8H8BrN3O/c1-4-6(3-10)8(13)12(11)5(2)7(4)9/h11H2,1-2H3. The molecule has 0 spiro atoms. The number of pyridine rings is 1. The van der Waals surface area contributed by atoms with Gasteiger partial charge in [-0.1, -0.05) is 0 Å². The Bertz CT molecular complexity index is 456. The van der Waals surface area contributed by atoms with Crippen LogP contribution in [-0.4, -0.2) is 4.68 Å². The Morgan fingerprint density at radius 3 is 2.54 bits per heavy atom. The van der Waals surface area contributed by atoms with Gasteiger partial charge >= 0.3 is 0 Å². The number of hydrogen-bond donors (Lipinski definition) is 1. The van der Waals surface area contributed by atoms with E-state index >= 15 is 0 Å². The molecule has 0 aromatic carbocycles. The normalized spacial score (nSPS) is 9.69. The lowest BCUT2D eigenvalue weighted by Gasteiger charge is -2.08. The molecule has 1 aromatic rings. The van der Waals surface area contributed by atoms with Crippen LogP contribution in [-0.2, 0) is 0 Å². The van der Waals surface area contributed by atoms with Gasteiger partial charge in [0.2, 0.25) is 0 Å². The van der Waals surface area contributed by atoms with Crippen LogP contribution in [0.3, 0.4) is 0 Å². The highest BCUT2D eigenvalue weighted by molar-refractivity contribution is 9.10. The minimum atomic E-state index is -0.458. The summed E-state index contributed by atoms with van der Waals surface area (Å²) in [6, 6.07) is 1.83. The van der Waals surface area contributed by atoms with Crippen LogP contribution in [0.25, 0.3) is 0 Å². The van der Waals surface area contributed by atoms with Crippen molar-refractivity contribution in [1.82, 2.24) is 4.68 Å². The molecule has 1 aromatic heterocycles. The van der Waals surface area contributed by atoms with Gasteiger partial charge < -0.3 is 5.84 Å². The van der Waals surface area contributed by atoms with Crippen molar-refractivity contribution in [2.45, 2.75) is 13.8 Å². The largest absolute Gasteiger partial charge is 0.336 e. The van der Waals surface area contributed by atoms with Gasteiger partial charge in [-0.05, 0) is 35.3 Å². The fraction of sp³-hybridized carbons (Fsp3) is 0.250. The Morgan fingerprint density at radius 2 is 2.08 bits per heavy atom. The van der Waals surface area contributed by atoms with Gasteiger partial charge in [0.05, 0.1) is 5.69 Å². The van der Waals surface area contributed by atoms with Crippen molar-refractivity contribution in [2.75, 3.05) is 5.84 Å². The maximum Gasteiger partial charge on any atom is 0.287 e. The van der Waals surface area contributed by atoms with Crippen LogP contribution in [0.2, 0.25) is 0 Å². The summed E-state index contributed by atoms with van der Waals surface area (Å²) in [5.41, 5.74) is 0.869. The van der Waals surface area contributed by atoms with Gasteiger partial charge in [0.25, 0.3) is 5.56 Å². The lowest BCUT2D eigenvalue weighted by molar-refractivity contribution is 0.865. The number of nitrogens with two attached hydrogens (primary N) is 1. The summed E-state index contributed by atoms with van der Waals surface area (Å²) in [5.74, 6) is 5.45. The molecule has 68 valence electrons. The molecule has 1 rings (SSSR count). The van der Waals surface area contributed by atoms with E-state index < -0.39 is 5.56 Å². The zero-order valence-corrected chi connectivity index (χ0v) is 8.84. The number of rotatable bonds is 0. The molecule has 0 aliphatic heterocycles. The van der Waals surface area contributed by atoms with Crippen LogP contribution in [0.15, 0.2) is 9.27 Å². The Hall–Kier alpha value is -1.28. The Kier molecular flexibility index (Phi) is 2.43. The molecule has 13 heavy (non-hydrogen) atoms. The van der Waals surface area contributed by atoms with Crippen LogP contribution >= 0.6 is 15.9 Å². The topological polar surface area (TPSA) is 71.8 Å². The van der Waals surface area contributed by atoms with Crippen molar-refractivity contribution in [3.8, 4) is 6.07 Å². The first-order valence-electron chi connectivity index (χ1n) is 3.57. The highest BCUT2D eigenvalue weighted by Crippen LogP contribution is 2.19. The number of halogens is 1. The summed E-state index contributed by atoms with van der Waals surface area (Å²) in [5, 5.41) is 8.70. The summed E-state index contributed by atoms with van der Waals surface area (Å²) in [6.45, 7) is 3.41. The van der Waals surface area contributed by atoms with E-state index in [4.69, 9.17) is 11.1 Å². The quantitative estimate of drug-likeness (QED) is 0.684. The Labute approximate surface area is 83.7 Å². The zero-order chi connectivity index (χ0) is 10.2. The lowest BCUT2D eigenvalue weighted by Crippen LogP contribution is -2.32. The highest BCUT2D eigenvalue weighted by atomic mass is 79.9. The summed E-state index contributed by atoms with van der Waals surface area (Å²) in [4.78, 5) is 11.4. The minimum absolute atomic E-state index is 0.0833. The van der Waals surface area contributed by atoms with Crippen LogP contribution in [0, 0.1) is 25.2 Å². The third kappa shape index (κ3) is 1.33. The Balaban J connectivity index is 3.80. The summed E-state index contributed by atoms with van der Waals surface area (Å²) >= 11 is 3.26. The summed E-state index contributed by atoms with van der Waals surface area (Å²) < 4.78 is 1.67. The van der Waals surface area contributed by atoms with Crippen molar-refractivity contribution in [3.63, 3.8) is 0 Å². The van der Waals surface area contributed by atoms with Gasteiger partial charge in [-0.15, -0.1) is 0 Å². The van der Waals surface area contributed by atoms with Gasteiger partial charge in [-0.25, -0.2) is 4.68 Å². The van der Waals surface area contributed by atoms with E-state index in [1.165, 1.54) is 0 Å². The molecule has 0 aliphatic carbocycles. The zero-order valence-electron chi connectivity index (χ0n) is 7.26. The van der Waals surface area contributed by atoms with E-state index in [-0.39, 0.29) is 5.56 Å². The molecule has 2 N–H and O–H groups in total. The van der Waals surface area contributed by atoms with Crippen molar-refractivity contribution >= 4 is 15.9 Å². The average Bonchev–Trinajstić information content (AvgIpc) is 2.13. The van der Waals surface area contributed by atoms with Gasteiger partial charge in [0.1, 0.15) is 11.6 Å². The maximum atomic E-state index is 11.4. The van der Waals surface area contributed by atoms with Crippen LogP contribution in [0.4, 0.5) is 0 Å². The first-order valence-corrected chi connectivity index (χ1v) is 4.37. The molecule has 0 radical (unpaired) electrons. The lowest BCUT2D eigenvalue weighted by atomic mass is 10.1. The molecule has 4 nitrogen and oxygen atoms in total. The summed E-state index contributed by atoms with van der Waals surface area (Å²) in [7, 11) is 0. The van der Waals surface area contributed by atoms with E-state index in [9.17, 15) is 4.79 Å². The van der Waals surface area contributed by atoms with Crippen molar-refractivity contribution in [2.24, 2.45) is 0 Å². The van der Waals surface area contributed by atoms with Crippen molar-refractivity contribution in [3.05, 3.63) is 31.6 Å². The van der Waals surface area contributed by atoms with E-state index in [0.717, 1.165) is 4.68 Å². The average molecular weight is 242 g/mol. The van der Waals surface area contributed by atoms with Crippen LogP contribution < -0.4 is 11.4 Å². The molecule has 1 heterocycles. The maximum absolute atomic E-state index is 11.4. The molecular formula is C8H8BrN3O. The van der Waals surface area contributed by atoms with Crippen LogP contribution in [0.1, 0.15) is 16.8 Å². The second-order valence-electron chi connectivity index (χ2n) is 2.69. The second-order valence-corrected chi connectivity index (χ2v) is 3.48. The van der Waals surface area contributed by atoms with Gasteiger partial charge in [-0.2, -0.15) is 5.26 Å². The Morgan fingerprint density at radius 1 is 1.54 bits per heavy atom. The molecule has 0 saturated carbocycles. The van der Waals surface area contributed by atoms with E-state index in [1.807, 2.05) is 6.07 Å². The van der Waals surface area contributed by atoms with Gasteiger partial charge in [-0.3, -0.25) is 4.79 Å². The first-order chi connectivity index (χ1) is 6.00. The molecule has 0 atom stereocenters. The molecule has 0 aliphatic rings. The molecule has 0 saturated heterocycles. The monoisotopic (exact) mass is 241 g/mol. The molecular weight excluding hydrogens is 234 g/mol. The van der Waals surface area contributed by atoms with E-state index in [1.54, 1.807) is 13.8 Å². The van der Waals surface area contributed by atoms with E-state index in [0.29, 0.717) is 15.7 Å². The molecule has 5 heteroatoms. The van der Waals surface area contributed by atoms with Gasteiger partial charge in [0.15, 0.2) is 0 Å². The number of nitriles is 1. The van der Waals surface area contributed by atoms with E-state index in [2.05, 4.69) is 15.9 Å². The van der Waals surface area contributed by atoms with Crippen LogP contribution in [0.5, 0.6) is 0 Å².